The molecule has 10 heteroatoms. The van der Waals surface area contributed by atoms with Gasteiger partial charge in [0, 0.05) is 25.1 Å². The highest BCUT2D eigenvalue weighted by Gasteiger charge is 2.33. The van der Waals surface area contributed by atoms with Crippen molar-refractivity contribution in [1.29, 1.82) is 0 Å². The molecule has 0 atom stereocenters. The van der Waals surface area contributed by atoms with E-state index in [1.165, 1.54) is 4.31 Å². The summed E-state index contributed by atoms with van der Waals surface area (Å²) in [6.45, 7) is 2.58. The van der Waals surface area contributed by atoms with Gasteiger partial charge >= 0.3 is 0 Å². The molecule has 1 amide bonds. The molecule has 174 valence electrons. The standard InChI is InChI=1S/C23H24F2N4O3S/c1-16-13-22(29(27-16)15-17-5-3-2-4-6-17)26-23(30)18-9-11-28(12-10-18)33(31,32)19-7-8-20(24)21(25)14-19/h2-8,13-14,18H,9-12,15H2,1H3,(H,26,30). The number of aromatic nitrogens is 2. The fourth-order valence-corrected chi connectivity index (χ4v) is 5.38. The molecule has 2 heterocycles. The summed E-state index contributed by atoms with van der Waals surface area (Å²) in [5.41, 5.74) is 1.82. The maximum Gasteiger partial charge on any atom is 0.243 e. The van der Waals surface area contributed by atoms with Crippen LogP contribution >= 0.6 is 0 Å². The van der Waals surface area contributed by atoms with E-state index < -0.39 is 21.7 Å². The van der Waals surface area contributed by atoms with Crippen LogP contribution in [0, 0.1) is 24.5 Å². The van der Waals surface area contributed by atoms with Crippen molar-refractivity contribution >= 4 is 21.7 Å². The molecule has 0 aliphatic carbocycles. The maximum absolute atomic E-state index is 13.5. The van der Waals surface area contributed by atoms with Crippen LogP contribution in [0.3, 0.4) is 0 Å². The third-order valence-corrected chi connectivity index (χ3v) is 7.58. The Balaban J connectivity index is 1.40. The van der Waals surface area contributed by atoms with Gasteiger partial charge in [-0.25, -0.2) is 21.9 Å². The van der Waals surface area contributed by atoms with E-state index in [1.54, 1.807) is 10.7 Å². The molecule has 1 fully saturated rings. The van der Waals surface area contributed by atoms with Gasteiger partial charge in [-0.3, -0.25) is 4.79 Å². The van der Waals surface area contributed by atoms with Gasteiger partial charge in [0.15, 0.2) is 11.6 Å². The number of aryl methyl sites for hydroxylation is 1. The summed E-state index contributed by atoms with van der Waals surface area (Å²) in [6.07, 6.45) is 0.640. The first-order valence-electron chi connectivity index (χ1n) is 10.6. The van der Waals surface area contributed by atoms with Gasteiger partial charge in [-0.05, 0) is 43.5 Å². The number of halogens is 2. The highest BCUT2D eigenvalue weighted by Crippen LogP contribution is 2.26. The summed E-state index contributed by atoms with van der Waals surface area (Å²) in [6, 6.07) is 14.1. The van der Waals surface area contributed by atoms with Crippen LogP contribution in [0.25, 0.3) is 0 Å². The molecule has 4 rings (SSSR count). The lowest BCUT2D eigenvalue weighted by Gasteiger charge is -2.30. The lowest BCUT2D eigenvalue weighted by Crippen LogP contribution is -2.41. The minimum Gasteiger partial charge on any atom is -0.311 e. The SMILES string of the molecule is Cc1cc(NC(=O)C2CCN(S(=O)(=O)c3ccc(F)c(F)c3)CC2)n(Cc2ccccc2)n1. The second kappa shape index (κ2) is 9.40. The molecule has 1 aliphatic heterocycles. The van der Waals surface area contributed by atoms with E-state index in [9.17, 15) is 22.0 Å². The molecule has 1 aromatic heterocycles. The molecule has 0 unspecified atom stereocenters. The van der Waals surface area contributed by atoms with Gasteiger partial charge < -0.3 is 5.32 Å². The smallest absolute Gasteiger partial charge is 0.243 e. The molecule has 1 aliphatic rings. The lowest BCUT2D eigenvalue weighted by molar-refractivity contribution is -0.121. The van der Waals surface area contributed by atoms with Crippen LogP contribution in [0.4, 0.5) is 14.6 Å². The molecular formula is C23H24F2N4O3S. The first-order valence-corrected chi connectivity index (χ1v) is 12.0. The molecule has 3 aromatic rings. The van der Waals surface area contributed by atoms with Gasteiger partial charge in [0.25, 0.3) is 0 Å². The number of anilines is 1. The van der Waals surface area contributed by atoms with Gasteiger partial charge in [0.1, 0.15) is 5.82 Å². The van der Waals surface area contributed by atoms with Crippen LogP contribution < -0.4 is 5.32 Å². The topological polar surface area (TPSA) is 84.3 Å². The van der Waals surface area contributed by atoms with Crippen molar-refractivity contribution in [2.24, 2.45) is 5.92 Å². The van der Waals surface area contributed by atoms with Crippen LogP contribution in [0.1, 0.15) is 24.1 Å². The van der Waals surface area contributed by atoms with Gasteiger partial charge in [0.05, 0.1) is 17.1 Å². The first kappa shape index (κ1) is 23.1. The number of hydrogen-bond donors (Lipinski definition) is 1. The van der Waals surface area contributed by atoms with Gasteiger partial charge in [-0.15, -0.1) is 0 Å². The Hall–Kier alpha value is -3.11. The molecule has 1 N–H and O–H groups in total. The number of piperidine rings is 1. The van der Waals surface area contributed by atoms with Gasteiger partial charge in [0.2, 0.25) is 15.9 Å². The van der Waals surface area contributed by atoms with Crippen LogP contribution in [-0.2, 0) is 21.4 Å². The molecule has 7 nitrogen and oxygen atoms in total. The molecule has 2 aromatic carbocycles. The van der Waals surface area contributed by atoms with Crippen LogP contribution in [0.2, 0.25) is 0 Å². The van der Waals surface area contributed by atoms with E-state index in [0.717, 1.165) is 23.4 Å². The van der Waals surface area contributed by atoms with Crippen molar-refractivity contribution in [3.63, 3.8) is 0 Å². The highest BCUT2D eigenvalue weighted by molar-refractivity contribution is 7.89. The average Bonchev–Trinajstić information content (AvgIpc) is 3.14. The first-order chi connectivity index (χ1) is 15.7. The minimum absolute atomic E-state index is 0.113. The zero-order chi connectivity index (χ0) is 23.6. The second-order valence-corrected chi connectivity index (χ2v) is 10.00. The summed E-state index contributed by atoms with van der Waals surface area (Å²) in [7, 11) is -3.97. The van der Waals surface area contributed by atoms with Crippen molar-refractivity contribution in [3.05, 3.63) is 77.5 Å². The Morgan fingerprint density at radius 3 is 2.42 bits per heavy atom. The van der Waals surface area contributed by atoms with Crippen molar-refractivity contribution in [2.45, 2.75) is 31.2 Å². The fourth-order valence-electron chi connectivity index (χ4n) is 3.90. The minimum atomic E-state index is -3.97. The van der Waals surface area contributed by atoms with Crippen molar-refractivity contribution in [3.8, 4) is 0 Å². The van der Waals surface area contributed by atoms with E-state index in [2.05, 4.69) is 10.4 Å². The van der Waals surface area contributed by atoms with Crippen molar-refractivity contribution in [1.82, 2.24) is 14.1 Å². The van der Waals surface area contributed by atoms with Crippen LogP contribution in [0.5, 0.6) is 0 Å². The molecule has 0 saturated carbocycles. The molecule has 33 heavy (non-hydrogen) atoms. The Kier molecular flexibility index (Phi) is 6.57. The molecule has 0 bridgehead atoms. The van der Waals surface area contributed by atoms with E-state index in [1.807, 2.05) is 37.3 Å². The number of sulfonamides is 1. The largest absolute Gasteiger partial charge is 0.311 e. The van der Waals surface area contributed by atoms with E-state index in [4.69, 9.17) is 0 Å². The number of nitrogens with zero attached hydrogens (tertiary/aromatic N) is 3. The zero-order valence-electron chi connectivity index (χ0n) is 18.0. The number of hydrogen-bond acceptors (Lipinski definition) is 4. The Morgan fingerprint density at radius 1 is 1.06 bits per heavy atom. The lowest BCUT2D eigenvalue weighted by atomic mass is 9.97. The molecule has 0 radical (unpaired) electrons. The van der Waals surface area contributed by atoms with E-state index in [-0.39, 0.29) is 29.8 Å². The summed E-state index contributed by atoms with van der Waals surface area (Å²) in [5, 5.41) is 7.37. The fraction of sp³-hybridized carbons (Fsp3) is 0.304. The zero-order valence-corrected chi connectivity index (χ0v) is 18.9. The van der Waals surface area contributed by atoms with Gasteiger partial charge in [-0.1, -0.05) is 30.3 Å². The Morgan fingerprint density at radius 2 is 1.76 bits per heavy atom. The number of nitrogens with one attached hydrogen (secondary N) is 1. The monoisotopic (exact) mass is 474 g/mol. The average molecular weight is 475 g/mol. The summed E-state index contributed by atoms with van der Waals surface area (Å²) < 4.78 is 55.1. The molecule has 1 saturated heterocycles. The van der Waals surface area contributed by atoms with E-state index >= 15 is 0 Å². The summed E-state index contributed by atoms with van der Waals surface area (Å²) in [4.78, 5) is 12.6. The van der Waals surface area contributed by atoms with Crippen molar-refractivity contribution in [2.75, 3.05) is 18.4 Å². The third-order valence-electron chi connectivity index (χ3n) is 5.68. The maximum atomic E-state index is 13.5. The number of carbonyl (C=O) groups excluding carboxylic acids is 1. The third kappa shape index (κ3) is 5.12. The number of carbonyl (C=O) groups is 1. The normalized spacial score (nSPS) is 15.5. The summed E-state index contributed by atoms with van der Waals surface area (Å²) in [5.74, 6) is -2.31. The predicted octanol–water partition coefficient (Wildman–Crippen LogP) is 3.56. The van der Waals surface area contributed by atoms with Crippen molar-refractivity contribution < 1.29 is 22.0 Å². The molecule has 0 spiro atoms. The summed E-state index contributed by atoms with van der Waals surface area (Å²) >= 11 is 0. The van der Waals surface area contributed by atoms with Crippen LogP contribution in [0.15, 0.2) is 59.5 Å². The number of amides is 1. The number of benzene rings is 2. The van der Waals surface area contributed by atoms with Crippen LogP contribution in [-0.4, -0.2) is 41.5 Å². The Labute approximate surface area is 191 Å². The molecular weight excluding hydrogens is 450 g/mol. The Bertz CT molecular complexity index is 1250. The van der Waals surface area contributed by atoms with E-state index in [0.29, 0.717) is 31.3 Å². The quantitative estimate of drug-likeness (QED) is 0.592. The highest BCUT2D eigenvalue weighted by atomic mass is 32.2. The second-order valence-electron chi connectivity index (χ2n) is 8.06. The van der Waals surface area contributed by atoms with Gasteiger partial charge in [-0.2, -0.15) is 9.40 Å². The number of rotatable bonds is 6. The predicted molar refractivity (Wildman–Crippen MR) is 119 cm³/mol.